The number of hydrazine groups is 1. The number of anilines is 1. The van der Waals surface area contributed by atoms with Crippen LogP contribution in [0.3, 0.4) is 0 Å². The summed E-state index contributed by atoms with van der Waals surface area (Å²) >= 11 is 2.17. The van der Waals surface area contributed by atoms with Gasteiger partial charge in [0.2, 0.25) is 5.91 Å². The van der Waals surface area contributed by atoms with E-state index in [4.69, 9.17) is 4.74 Å². The first-order valence-electron chi connectivity index (χ1n) is 7.92. The second-order valence-corrected chi connectivity index (χ2v) is 6.80. The molecule has 7 heteroatoms. The van der Waals surface area contributed by atoms with E-state index in [9.17, 15) is 9.59 Å². The van der Waals surface area contributed by atoms with Crippen LogP contribution in [0, 0.1) is 10.5 Å². The summed E-state index contributed by atoms with van der Waals surface area (Å²) in [6.45, 7) is 3.46. The molecular formula is C19H20IN3O3. The predicted octanol–water partition coefficient (Wildman–Crippen LogP) is 3.14. The fourth-order valence-electron chi connectivity index (χ4n) is 2.04. The third-order valence-corrected chi connectivity index (χ3v) is 3.96. The van der Waals surface area contributed by atoms with Crippen LogP contribution < -0.4 is 20.9 Å². The number of hydrogen-bond acceptors (Lipinski definition) is 4. The van der Waals surface area contributed by atoms with Crippen molar-refractivity contribution in [1.29, 1.82) is 0 Å². The molecule has 0 heterocycles. The molecule has 26 heavy (non-hydrogen) atoms. The van der Waals surface area contributed by atoms with Crippen LogP contribution >= 0.6 is 22.6 Å². The van der Waals surface area contributed by atoms with Crippen LogP contribution in [0.5, 0.6) is 5.75 Å². The first-order chi connectivity index (χ1) is 12.4. The topological polar surface area (TPSA) is 79.5 Å². The van der Waals surface area contributed by atoms with Gasteiger partial charge in [-0.25, -0.2) is 0 Å². The Kier molecular flexibility index (Phi) is 7.46. The molecule has 0 bridgehead atoms. The van der Waals surface area contributed by atoms with Gasteiger partial charge in [0.1, 0.15) is 5.75 Å². The minimum Gasteiger partial charge on any atom is -0.483 e. The normalized spacial score (nSPS) is 10.8. The number of allylic oxidation sites excluding steroid dienone is 1. The lowest BCUT2D eigenvalue weighted by atomic mass is 10.2. The van der Waals surface area contributed by atoms with Crippen molar-refractivity contribution < 1.29 is 14.3 Å². The Morgan fingerprint density at radius 3 is 2.62 bits per heavy atom. The lowest BCUT2D eigenvalue weighted by molar-refractivity contribution is -0.124. The van der Waals surface area contributed by atoms with E-state index in [1.807, 2.05) is 43.3 Å². The number of benzene rings is 2. The van der Waals surface area contributed by atoms with Gasteiger partial charge >= 0.3 is 0 Å². The smallest absolute Gasteiger partial charge is 0.276 e. The van der Waals surface area contributed by atoms with E-state index in [0.717, 1.165) is 9.13 Å². The summed E-state index contributed by atoms with van der Waals surface area (Å²) in [5, 5.41) is 2.76. The molecule has 0 saturated carbocycles. The van der Waals surface area contributed by atoms with E-state index >= 15 is 0 Å². The third kappa shape index (κ3) is 6.75. The summed E-state index contributed by atoms with van der Waals surface area (Å²) in [7, 11) is 0. The van der Waals surface area contributed by atoms with Gasteiger partial charge in [0.25, 0.3) is 5.91 Å². The molecule has 0 atom stereocenters. The molecule has 2 amide bonds. The number of aryl methyl sites for hydroxylation is 1. The quantitative estimate of drug-likeness (QED) is 0.334. The van der Waals surface area contributed by atoms with Crippen molar-refractivity contribution in [3.05, 3.63) is 69.4 Å². The van der Waals surface area contributed by atoms with Gasteiger partial charge in [-0.2, -0.15) is 0 Å². The molecule has 0 spiro atoms. The van der Waals surface area contributed by atoms with Crippen LogP contribution in [0.1, 0.15) is 12.5 Å². The molecule has 2 aromatic rings. The summed E-state index contributed by atoms with van der Waals surface area (Å²) in [5.74, 6) is 0.0215. The molecule has 2 aromatic carbocycles. The highest BCUT2D eigenvalue weighted by Gasteiger charge is 2.05. The van der Waals surface area contributed by atoms with Gasteiger partial charge in [-0.3, -0.25) is 15.0 Å². The SMILES string of the molecule is CC(=CC(=O)Nc1cccc(I)c1)NNC(=O)COc1ccccc1C. The number of rotatable bonds is 7. The van der Waals surface area contributed by atoms with Crippen molar-refractivity contribution in [3.8, 4) is 5.75 Å². The van der Waals surface area contributed by atoms with Crippen molar-refractivity contribution >= 4 is 40.1 Å². The summed E-state index contributed by atoms with van der Waals surface area (Å²) in [6, 6.07) is 14.9. The molecule has 0 aliphatic carbocycles. The van der Waals surface area contributed by atoms with Crippen LogP contribution in [-0.2, 0) is 9.59 Å². The van der Waals surface area contributed by atoms with Crippen LogP contribution in [0.25, 0.3) is 0 Å². The number of nitrogens with one attached hydrogen (secondary N) is 3. The Bertz CT molecular complexity index is 821. The average molecular weight is 465 g/mol. The Hall–Kier alpha value is -2.55. The standard InChI is InChI=1S/C19H20IN3O3/c1-13-6-3-4-9-17(13)26-12-19(25)23-22-14(2)10-18(24)21-16-8-5-7-15(20)11-16/h3-11,22H,12H2,1-2H3,(H,21,24)(H,23,25). The Morgan fingerprint density at radius 2 is 1.88 bits per heavy atom. The van der Waals surface area contributed by atoms with Gasteiger partial charge < -0.3 is 15.5 Å². The van der Waals surface area contributed by atoms with Crippen LogP contribution in [-0.4, -0.2) is 18.4 Å². The van der Waals surface area contributed by atoms with E-state index in [1.54, 1.807) is 19.1 Å². The van der Waals surface area contributed by atoms with Crippen LogP contribution in [0.2, 0.25) is 0 Å². The minimum absolute atomic E-state index is 0.125. The highest BCUT2D eigenvalue weighted by molar-refractivity contribution is 14.1. The summed E-state index contributed by atoms with van der Waals surface area (Å²) < 4.78 is 6.48. The number of carbonyl (C=O) groups excluding carboxylic acids is 2. The average Bonchev–Trinajstić information content (AvgIpc) is 2.59. The maximum atomic E-state index is 12.0. The lowest BCUT2D eigenvalue weighted by Crippen LogP contribution is -2.39. The van der Waals surface area contributed by atoms with E-state index in [0.29, 0.717) is 17.1 Å². The number of para-hydroxylation sites is 1. The monoisotopic (exact) mass is 465 g/mol. The molecule has 0 aliphatic heterocycles. The number of hydrogen-bond donors (Lipinski definition) is 3. The molecule has 0 aromatic heterocycles. The second kappa shape index (κ2) is 9.81. The van der Waals surface area contributed by atoms with E-state index < -0.39 is 0 Å². The Morgan fingerprint density at radius 1 is 1.12 bits per heavy atom. The van der Waals surface area contributed by atoms with Crippen molar-refractivity contribution in [2.24, 2.45) is 0 Å². The third-order valence-electron chi connectivity index (χ3n) is 3.29. The van der Waals surface area contributed by atoms with Crippen LogP contribution in [0.15, 0.2) is 60.3 Å². The first kappa shape index (κ1) is 19.8. The fourth-order valence-corrected chi connectivity index (χ4v) is 2.59. The molecule has 0 unspecified atom stereocenters. The molecule has 2 rings (SSSR count). The zero-order valence-electron chi connectivity index (χ0n) is 14.5. The van der Waals surface area contributed by atoms with Crippen molar-refractivity contribution in [2.75, 3.05) is 11.9 Å². The zero-order valence-corrected chi connectivity index (χ0v) is 16.7. The van der Waals surface area contributed by atoms with Crippen LogP contribution in [0.4, 0.5) is 5.69 Å². The van der Waals surface area contributed by atoms with E-state index in [-0.39, 0.29) is 18.4 Å². The highest BCUT2D eigenvalue weighted by Crippen LogP contribution is 2.15. The predicted molar refractivity (Wildman–Crippen MR) is 109 cm³/mol. The van der Waals surface area contributed by atoms with Gasteiger partial charge in [0, 0.05) is 21.0 Å². The number of amides is 2. The number of carbonyl (C=O) groups is 2. The fraction of sp³-hybridized carbons (Fsp3) is 0.158. The maximum absolute atomic E-state index is 12.0. The molecular weight excluding hydrogens is 445 g/mol. The van der Waals surface area contributed by atoms with Gasteiger partial charge in [0.15, 0.2) is 6.61 Å². The molecule has 0 fully saturated rings. The molecule has 0 radical (unpaired) electrons. The summed E-state index contributed by atoms with van der Waals surface area (Å²) in [5.41, 5.74) is 7.33. The van der Waals surface area contributed by atoms with Crippen molar-refractivity contribution in [3.63, 3.8) is 0 Å². The molecule has 6 nitrogen and oxygen atoms in total. The van der Waals surface area contributed by atoms with Crippen molar-refractivity contribution in [1.82, 2.24) is 10.9 Å². The highest BCUT2D eigenvalue weighted by atomic mass is 127. The molecule has 0 saturated heterocycles. The molecule has 3 N–H and O–H groups in total. The summed E-state index contributed by atoms with van der Waals surface area (Å²) in [6.07, 6.45) is 1.36. The molecule has 0 aliphatic rings. The van der Waals surface area contributed by atoms with E-state index in [2.05, 4.69) is 38.8 Å². The second-order valence-electron chi connectivity index (χ2n) is 5.55. The molecule has 136 valence electrons. The maximum Gasteiger partial charge on any atom is 0.276 e. The largest absolute Gasteiger partial charge is 0.483 e. The van der Waals surface area contributed by atoms with Gasteiger partial charge in [-0.1, -0.05) is 24.3 Å². The lowest BCUT2D eigenvalue weighted by Gasteiger charge is -2.11. The Labute approximate surface area is 166 Å². The van der Waals surface area contributed by atoms with Gasteiger partial charge in [-0.15, -0.1) is 0 Å². The van der Waals surface area contributed by atoms with Crippen molar-refractivity contribution in [2.45, 2.75) is 13.8 Å². The summed E-state index contributed by atoms with van der Waals surface area (Å²) in [4.78, 5) is 23.8. The zero-order chi connectivity index (χ0) is 18.9. The minimum atomic E-state index is -0.348. The Balaban J connectivity index is 1.77. The number of ether oxygens (including phenoxy) is 1. The number of halogens is 1. The van der Waals surface area contributed by atoms with Gasteiger partial charge in [-0.05, 0) is 66.3 Å². The van der Waals surface area contributed by atoms with Gasteiger partial charge in [0.05, 0.1) is 0 Å². The van der Waals surface area contributed by atoms with E-state index in [1.165, 1.54) is 6.08 Å². The first-order valence-corrected chi connectivity index (χ1v) is 9.00.